The van der Waals surface area contributed by atoms with Crippen LogP contribution in [0.1, 0.15) is 22.8 Å². The second-order valence-corrected chi connectivity index (χ2v) is 5.43. The first-order valence-electron chi connectivity index (χ1n) is 7.89. The molecule has 0 spiro atoms. The van der Waals surface area contributed by atoms with Gasteiger partial charge in [-0.3, -0.25) is 14.4 Å². The summed E-state index contributed by atoms with van der Waals surface area (Å²) in [6.45, 7) is 1.44. The number of carbonyl (C=O) groups is 3. The van der Waals surface area contributed by atoms with E-state index in [-0.39, 0.29) is 19.1 Å². The Bertz CT molecular complexity index is 717. The summed E-state index contributed by atoms with van der Waals surface area (Å²) in [5, 5.41) is 5.02. The molecule has 6 nitrogen and oxygen atoms in total. The maximum absolute atomic E-state index is 12.0. The van der Waals surface area contributed by atoms with Crippen LogP contribution in [0.15, 0.2) is 60.7 Å². The third-order valence-electron chi connectivity index (χ3n) is 3.43. The molecule has 2 rings (SSSR count). The molecule has 2 amide bonds. The van der Waals surface area contributed by atoms with Gasteiger partial charge in [0.2, 0.25) is 5.91 Å². The number of rotatable bonds is 7. The first-order valence-corrected chi connectivity index (χ1v) is 7.89. The van der Waals surface area contributed by atoms with Crippen LogP contribution in [0.4, 0.5) is 0 Å². The molecule has 0 aromatic heterocycles. The van der Waals surface area contributed by atoms with E-state index in [0.29, 0.717) is 5.56 Å². The second kappa shape index (κ2) is 9.22. The molecule has 0 radical (unpaired) electrons. The molecule has 130 valence electrons. The molecule has 25 heavy (non-hydrogen) atoms. The molecular formula is C19H20N2O4. The van der Waals surface area contributed by atoms with Crippen LogP contribution in [0, 0.1) is 0 Å². The Labute approximate surface area is 146 Å². The molecule has 0 aliphatic heterocycles. The molecule has 0 heterocycles. The van der Waals surface area contributed by atoms with Crippen molar-refractivity contribution >= 4 is 17.8 Å². The van der Waals surface area contributed by atoms with Gasteiger partial charge in [0.1, 0.15) is 19.2 Å². The first-order chi connectivity index (χ1) is 12.1. The van der Waals surface area contributed by atoms with Crippen molar-refractivity contribution in [2.75, 3.05) is 6.54 Å². The van der Waals surface area contributed by atoms with Crippen molar-refractivity contribution < 1.29 is 19.1 Å². The van der Waals surface area contributed by atoms with E-state index < -0.39 is 17.9 Å². The second-order valence-electron chi connectivity index (χ2n) is 5.43. The van der Waals surface area contributed by atoms with Crippen molar-refractivity contribution in [3.8, 4) is 0 Å². The summed E-state index contributed by atoms with van der Waals surface area (Å²) in [6, 6.07) is 17.1. The number of nitrogens with one attached hydrogen (secondary N) is 2. The van der Waals surface area contributed by atoms with Crippen molar-refractivity contribution in [2.45, 2.75) is 19.6 Å². The molecular weight excluding hydrogens is 320 g/mol. The summed E-state index contributed by atoms with van der Waals surface area (Å²) in [5.41, 5.74) is 1.33. The highest BCUT2D eigenvalue weighted by Crippen LogP contribution is 2.01. The zero-order valence-corrected chi connectivity index (χ0v) is 13.9. The number of amides is 2. The molecule has 2 aromatic rings. The van der Waals surface area contributed by atoms with Crippen LogP contribution in [0.5, 0.6) is 0 Å². The highest BCUT2D eigenvalue weighted by molar-refractivity contribution is 5.97. The van der Waals surface area contributed by atoms with Crippen LogP contribution in [0.3, 0.4) is 0 Å². The maximum Gasteiger partial charge on any atom is 0.325 e. The number of benzene rings is 2. The van der Waals surface area contributed by atoms with E-state index in [4.69, 9.17) is 4.74 Å². The van der Waals surface area contributed by atoms with Crippen molar-refractivity contribution in [1.82, 2.24) is 10.6 Å². The van der Waals surface area contributed by atoms with E-state index in [1.165, 1.54) is 0 Å². The van der Waals surface area contributed by atoms with Gasteiger partial charge < -0.3 is 15.4 Å². The number of esters is 1. The predicted molar refractivity (Wildman–Crippen MR) is 92.6 cm³/mol. The van der Waals surface area contributed by atoms with Crippen molar-refractivity contribution in [3.05, 3.63) is 71.8 Å². The number of hydrogen-bond acceptors (Lipinski definition) is 4. The van der Waals surface area contributed by atoms with Gasteiger partial charge in [-0.15, -0.1) is 0 Å². The molecule has 2 aromatic carbocycles. The lowest BCUT2D eigenvalue weighted by molar-refractivity contribution is -0.145. The minimum Gasteiger partial charge on any atom is -0.460 e. The van der Waals surface area contributed by atoms with E-state index in [1.807, 2.05) is 30.3 Å². The predicted octanol–water partition coefficient (Wildman–Crippen LogP) is 1.66. The van der Waals surface area contributed by atoms with Gasteiger partial charge >= 0.3 is 5.97 Å². The lowest BCUT2D eigenvalue weighted by Crippen LogP contribution is -2.46. The topological polar surface area (TPSA) is 84.5 Å². The average Bonchev–Trinajstić information content (AvgIpc) is 2.65. The Kier molecular flexibility index (Phi) is 6.71. The van der Waals surface area contributed by atoms with E-state index in [2.05, 4.69) is 10.6 Å². The monoisotopic (exact) mass is 340 g/mol. The molecule has 1 unspecified atom stereocenters. The fraction of sp³-hybridized carbons (Fsp3) is 0.211. The fourth-order valence-electron chi connectivity index (χ4n) is 2.04. The highest BCUT2D eigenvalue weighted by Gasteiger charge is 2.17. The van der Waals surface area contributed by atoms with Crippen molar-refractivity contribution in [2.24, 2.45) is 0 Å². The highest BCUT2D eigenvalue weighted by atomic mass is 16.5. The van der Waals surface area contributed by atoms with Gasteiger partial charge in [0.15, 0.2) is 0 Å². The summed E-state index contributed by atoms with van der Waals surface area (Å²) < 4.78 is 5.07. The Morgan fingerprint density at radius 2 is 1.56 bits per heavy atom. The van der Waals surface area contributed by atoms with Gasteiger partial charge in [-0.1, -0.05) is 48.5 Å². The van der Waals surface area contributed by atoms with Gasteiger partial charge in [-0.2, -0.15) is 0 Å². The minimum atomic E-state index is -0.769. The SMILES string of the molecule is CC(NC(=O)c1ccccc1)C(=O)NCC(=O)OCc1ccccc1. The van der Waals surface area contributed by atoms with Gasteiger partial charge in [0.25, 0.3) is 5.91 Å². The maximum atomic E-state index is 12.0. The lowest BCUT2D eigenvalue weighted by atomic mass is 10.2. The van der Waals surface area contributed by atoms with Gasteiger partial charge in [-0.05, 0) is 24.6 Å². The van der Waals surface area contributed by atoms with Gasteiger partial charge in [-0.25, -0.2) is 0 Å². The average molecular weight is 340 g/mol. The standard InChI is InChI=1S/C19H20N2O4/c1-14(21-19(24)16-10-6-3-7-11-16)18(23)20-12-17(22)25-13-15-8-4-2-5-9-15/h2-11,14H,12-13H2,1H3,(H,20,23)(H,21,24). The molecule has 2 N–H and O–H groups in total. The molecule has 0 saturated carbocycles. The Morgan fingerprint density at radius 3 is 2.20 bits per heavy atom. The summed E-state index contributed by atoms with van der Waals surface area (Å²) in [6.07, 6.45) is 0. The van der Waals surface area contributed by atoms with Gasteiger partial charge in [0, 0.05) is 5.56 Å². The van der Waals surface area contributed by atoms with Crippen molar-refractivity contribution in [3.63, 3.8) is 0 Å². The molecule has 0 saturated heterocycles. The summed E-state index contributed by atoms with van der Waals surface area (Å²) in [7, 11) is 0. The summed E-state index contributed by atoms with van der Waals surface area (Å²) in [4.78, 5) is 35.6. The van der Waals surface area contributed by atoms with Crippen LogP contribution >= 0.6 is 0 Å². The normalized spacial score (nSPS) is 11.2. The molecule has 6 heteroatoms. The Morgan fingerprint density at radius 1 is 0.960 bits per heavy atom. The molecule has 1 atom stereocenters. The van der Waals surface area contributed by atoms with Crippen LogP contribution in [-0.4, -0.2) is 30.4 Å². The zero-order chi connectivity index (χ0) is 18.1. The van der Waals surface area contributed by atoms with E-state index in [9.17, 15) is 14.4 Å². The van der Waals surface area contributed by atoms with E-state index in [1.54, 1.807) is 37.3 Å². The van der Waals surface area contributed by atoms with Crippen LogP contribution < -0.4 is 10.6 Å². The third kappa shape index (κ3) is 6.10. The summed E-state index contributed by atoms with van der Waals surface area (Å²) in [5.74, 6) is -1.35. The van der Waals surface area contributed by atoms with Gasteiger partial charge in [0.05, 0.1) is 0 Å². The Balaban J connectivity index is 1.71. The molecule has 0 aliphatic carbocycles. The summed E-state index contributed by atoms with van der Waals surface area (Å²) >= 11 is 0. The Hall–Kier alpha value is -3.15. The fourth-order valence-corrected chi connectivity index (χ4v) is 2.04. The van der Waals surface area contributed by atoms with Crippen LogP contribution in [0.2, 0.25) is 0 Å². The molecule has 0 fully saturated rings. The lowest BCUT2D eigenvalue weighted by Gasteiger charge is -2.14. The smallest absolute Gasteiger partial charge is 0.325 e. The van der Waals surface area contributed by atoms with E-state index in [0.717, 1.165) is 5.56 Å². The van der Waals surface area contributed by atoms with Crippen LogP contribution in [0.25, 0.3) is 0 Å². The van der Waals surface area contributed by atoms with Crippen LogP contribution in [-0.2, 0) is 20.9 Å². The zero-order valence-electron chi connectivity index (χ0n) is 13.9. The number of hydrogen-bond donors (Lipinski definition) is 2. The molecule has 0 aliphatic rings. The quantitative estimate of drug-likeness (QED) is 0.751. The first kappa shape index (κ1) is 18.2. The number of carbonyl (C=O) groups excluding carboxylic acids is 3. The molecule has 0 bridgehead atoms. The minimum absolute atomic E-state index is 0.149. The number of ether oxygens (including phenoxy) is 1. The van der Waals surface area contributed by atoms with Crippen molar-refractivity contribution in [1.29, 1.82) is 0 Å². The third-order valence-corrected chi connectivity index (χ3v) is 3.43. The largest absolute Gasteiger partial charge is 0.460 e. The van der Waals surface area contributed by atoms with E-state index >= 15 is 0 Å².